The van der Waals surface area contributed by atoms with Gasteiger partial charge in [-0.15, -0.1) is 0 Å². The first-order valence-electron chi connectivity index (χ1n) is 9.12. The molecule has 0 saturated heterocycles. The number of hydrogen-bond acceptors (Lipinski definition) is 5. The van der Waals surface area contributed by atoms with Crippen LogP contribution >= 0.6 is 0 Å². The maximum absolute atomic E-state index is 14.0. The molecule has 0 spiro atoms. The van der Waals surface area contributed by atoms with Crippen molar-refractivity contribution >= 4 is 17.0 Å². The lowest BCUT2D eigenvalue weighted by Gasteiger charge is -2.08. The highest BCUT2D eigenvalue weighted by Gasteiger charge is 2.12. The molecule has 4 rings (SSSR count). The maximum Gasteiger partial charge on any atom is 0.335 e. The molecule has 7 nitrogen and oxygen atoms in total. The molecule has 0 amide bonds. The number of rotatable bonds is 6. The number of imidazole rings is 1. The molecule has 4 aromatic rings. The average molecular weight is 407 g/mol. The second-order valence-electron chi connectivity index (χ2n) is 6.76. The molecular formula is C22H18FN3O4. The zero-order valence-corrected chi connectivity index (χ0v) is 16.3. The van der Waals surface area contributed by atoms with Gasteiger partial charge < -0.3 is 19.1 Å². The van der Waals surface area contributed by atoms with Gasteiger partial charge in [0.15, 0.2) is 5.82 Å². The highest BCUT2D eigenvalue weighted by molar-refractivity contribution is 5.88. The molecule has 0 atom stereocenters. The van der Waals surface area contributed by atoms with Gasteiger partial charge in [0.1, 0.15) is 23.9 Å². The third kappa shape index (κ3) is 3.93. The van der Waals surface area contributed by atoms with Crippen molar-refractivity contribution in [3.63, 3.8) is 0 Å². The molecule has 1 N–H and O–H groups in total. The lowest BCUT2D eigenvalue weighted by molar-refractivity contribution is 0.0696. The standard InChI is InChI=1S/C22H18FN3O4/c1-13-8-17(23)21(24-11-13)30-16-6-7-18-19(10-16)26(2)20(25-18)12-29-15-5-3-4-14(9-15)22(27)28/h3-11H,12H2,1-2H3,(H,27,28). The third-order valence-electron chi connectivity index (χ3n) is 4.55. The van der Waals surface area contributed by atoms with Crippen molar-refractivity contribution < 1.29 is 23.8 Å². The predicted octanol–water partition coefficient (Wildman–Crippen LogP) is 4.49. The number of nitrogens with zero attached hydrogens (tertiary/aromatic N) is 3. The van der Waals surface area contributed by atoms with Crippen LogP contribution in [0.2, 0.25) is 0 Å². The van der Waals surface area contributed by atoms with Gasteiger partial charge in [-0.2, -0.15) is 0 Å². The molecular weight excluding hydrogens is 389 g/mol. The molecule has 2 heterocycles. The number of fused-ring (bicyclic) bond motifs is 1. The fourth-order valence-electron chi connectivity index (χ4n) is 2.99. The molecule has 0 radical (unpaired) electrons. The SMILES string of the molecule is Cc1cnc(Oc2ccc3nc(COc4cccc(C(=O)O)c4)n(C)c3c2)c(F)c1. The molecule has 152 valence electrons. The Balaban J connectivity index is 1.55. The number of aromatic carboxylic acids is 1. The van der Waals surface area contributed by atoms with E-state index in [1.165, 1.54) is 24.4 Å². The summed E-state index contributed by atoms with van der Waals surface area (Å²) < 4.78 is 27.1. The Labute approximate surface area is 171 Å². The fourth-order valence-corrected chi connectivity index (χ4v) is 2.99. The molecule has 0 aliphatic heterocycles. The number of aromatic nitrogens is 3. The van der Waals surface area contributed by atoms with Gasteiger partial charge in [0.05, 0.1) is 16.6 Å². The van der Waals surface area contributed by atoms with E-state index in [1.807, 2.05) is 11.6 Å². The summed E-state index contributed by atoms with van der Waals surface area (Å²) in [7, 11) is 1.83. The van der Waals surface area contributed by atoms with Gasteiger partial charge >= 0.3 is 5.97 Å². The predicted molar refractivity (Wildman–Crippen MR) is 107 cm³/mol. The zero-order chi connectivity index (χ0) is 21.3. The Bertz CT molecular complexity index is 1250. The monoisotopic (exact) mass is 407 g/mol. The number of halogens is 1. The van der Waals surface area contributed by atoms with Crippen molar-refractivity contribution in [3.05, 3.63) is 77.5 Å². The summed E-state index contributed by atoms with van der Waals surface area (Å²) in [5.74, 6) is -0.131. The minimum atomic E-state index is -1.02. The summed E-state index contributed by atoms with van der Waals surface area (Å²) in [4.78, 5) is 19.6. The van der Waals surface area contributed by atoms with E-state index in [9.17, 15) is 9.18 Å². The molecule has 2 aromatic heterocycles. The van der Waals surface area contributed by atoms with Crippen LogP contribution < -0.4 is 9.47 Å². The van der Waals surface area contributed by atoms with Crippen LogP contribution in [0.4, 0.5) is 4.39 Å². The Hall–Kier alpha value is -3.94. The largest absolute Gasteiger partial charge is 0.486 e. The molecule has 0 aliphatic carbocycles. The first-order chi connectivity index (χ1) is 14.4. The average Bonchev–Trinajstić information content (AvgIpc) is 3.04. The summed E-state index contributed by atoms with van der Waals surface area (Å²) in [5.41, 5.74) is 2.36. The van der Waals surface area contributed by atoms with E-state index in [2.05, 4.69) is 9.97 Å². The lowest BCUT2D eigenvalue weighted by atomic mass is 10.2. The highest BCUT2D eigenvalue weighted by Crippen LogP contribution is 2.27. The minimum absolute atomic E-state index is 0.0935. The molecule has 0 aliphatic rings. The van der Waals surface area contributed by atoms with Gasteiger partial charge in [0, 0.05) is 19.3 Å². The highest BCUT2D eigenvalue weighted by atomic mass is 19.1. The van der Waals surface area contributed by atoms with Crippen LogP contribution in [0.25, 0.3) is 11.0 Å². The van der Waals surface area contributed by atoms with Crippen molar-refractivity contribution in [1.82, 2.24) is 14.5 Å². The molecule has 0 unspecified atom stereocenters. The first kappa shape index (κ1) is 19.4. The van der Waals surface area contributed by atoms with E-state index in [4.69, 9.17) is 14.6 Å². The Morgan fingerprint density at radius 2 is 2.00 bits per heavy atom. The van der Waals surface area contributed by atoms with Crippen LogP contribution in [0, 0.1) is 12.7 Å². The molecule has 0 fully saturated rings. The number of carboxylic acid groups (broad SMARTS) is 1. The van der Waals surface area contributed by atoms with E-state index < -0.39 is 11.8 Å². The zero-order valence-electron chi connectivity index (χ0n) is 16.3. The van der Waals surface area contributed by atoms with Gasteiger partial charge in [-0.1, -0.05) is 6.07 Å². The van der Waals surface area contributed by atoms with Crippen LogP contribution in [0.15, 0.2) is 54.7 Å². The minimum Gasteiger partial charge on any atom is -0.486 e. The van der Waals surface area contributed by atoms with Gasteiger partial charge in [-0.3, -0.25) is 0 Å². The van der Waals surface area contributed by atoms with Crippen molar-refractivity contribution in [2.24, 2.45) is 7.05 Å². The normalized spacial score (nSPS) is 10.9. The second-order valence-corrected chi connectivity index (χ2v) is 6.76. The van der Waals surface area contributed by atoms with Gasteiger partial charge in [0.25, 0.3) is 5.88 Å². The van der Waals surface area contributed by atoms with Crippen molar-refractivity contribution in [2.45, 2.75) is 13.5 Å². The Morgan fingerprint density at radius 1 is 1.17 bits per heavy atom. The summed E-state index contributed by atoms with van der Waals surface area (Å²) in [6.07, 6.45) is 1.54. The molecule has 2 aromatic carbocycles. The summed E-state index contributed by atoms with van der Waals surface area (Å²) in [5, 5.41) is 9.08. The number of pyridine rings is 1. The van der Waals surface area contributed by atoms with Crippen LogP contribution in [0.1, 0.15) is 21.7 Å². The number of benzene rings is 2. The first-order valence-corrected chi connectivity index (χ1v) is 9.12. The quantitative estimate of drug-likeness (QED) is 0.507. The van der Waals surface area contributed by atoms with Gasteiger partial charge in [0.2, 0.25) is 0 Å². The molecule has 0 saturated carbocycles. The van der Waals surface area contributed by atoms with E-state index in [0.717, 1.165) is 11.0 Å². The number of aryl methyl sites for hydroxylation is 2. The van der Waals surface area contributed by atoms with Crippen molar-refractivity contribution in [3.8, 4) is 17.4 Å². The molecule has 8 heteroatoms. The number of carbonyl (C=O) groups is 1. The summed E-state index contributed by atoms with van der Waals surface area (Å²) in [6.45, 7) is 1.90. The third-order valence-corrected chi connectivity index (χ3v) is 4.55. The van der Waals surface area contributed by atoms with Crippen LogP contribution in [0.5, 0.6) is 17.4 Å². The second kappa shape index (κ2) is 7.82. The molecule has 0 bridgehead atoms. The number of carboxylic acids is 1. The number of hydrogen-bond donors (Lipinski definition) is 1. The maximum atomic E-state index is 14.0. The lowest BCUT2D eigenvalue weighted by Crippen LogP contribution is -2.04. The van der Waals surface area contributed by atoms with Gasteiger partial charge in [-0.05, 0) is 48.9 Å². The van der Waals surface area contributed by atoms with E-state index >= 15 is 0 Å². The summed E-state index contributed by atoms with van der Waals surface area (Å²) in [6, 6.07) is 12.8. The van der Waals surface area contributed by atoms with E-state index in [-0.39, 0.29) is 18.1 Å². The van der Waals surface area contributed by atoms with E-state index in [1.54, 1.807) is 37.3 Å². The fraction of sp³-hybridized carbons (Fsp3) is 0.136. The van der Waals surface area contributed by atoms with E-state index in [0.29, 0.717) is 22.9 Å². The topological polar surface area (TPSA) is 86.5 Å². The van der Waals surface area contributed by atoms with Crippen LogP contribution in [0.3, 0.4) is 0 Å². The number of ether oxygens (including phenoxy) is 2. The molecule has 30 heavy (non-hydrogen) atoms. The van der Waals surface area contributed by atoms with Crippen LogP contribution in [-0.2, 0) is 13.7 Å². The smallest absolute Gasteiger partial charge is 0.335 e. The summed E-state index contributed by atoms with van der Waals surface area (Å²) >= 11 is 0. The van der Waals surface area contributed by atoms with Crippen molar-refractivity contribution in [1.29, 1.82) is 0 Å². The van der Waals surface area contributed by atoms with Crippen molar-refractivity contribution in [2.75, 3.05) is 0 Å². The Kier molecular flexibility index (Phi) is 5.05. The Morgan fingerprint density at radius 3 is 2.77 bits per heavy atom. The van der Waals surface area contributed by atoms with Gasteiger partial charge in [-0.25, -0.2) is 19.2 Å². The van der Waals surface area contributed by atoms with Crippen LogP contribution in [-0.4, -0.2) is 25.6 Å².